The molecule has 2 rings (SSSR count). The molecule has 1 atom stereocenters. The van der Waals surface area contributed by atoms with Gasteiger partial charge in [-0.1, -0.05) is 11.6 Å². The molecule has 92 valence electrons. The molecule has 1 saturated heterocycles. The summed E-state index contributed by atoms with van der Waals surface area (Å²) in [4.78, 5) is 17.8. The lowest BCUT2D eigenvalue weighted by Gasteiger charge is -2.16. The van der Waals surface area contributed by atoms with E-state index in [1.54, 1.807) is 24.1 Å². The summed E-state index contributed by atoms with van der Waals surface area (Å²) in [6.45, 7) is 0.891. The Kier molecular flexibility index (Phi) is 3.49. The van der Waals surface area contributed by atoms with Gasteiger partial charge in [0.05, 0.1) is 11.1 Å². The zero-order valence-electron chi connectivity index (χ0n) is 9.48. The van der Waals surface area contributed by atoms with E-state index in [9.17, 15) is 9.90 Å². The number of halogens is 1. The van der Waals surface area contributed by atoms with Crippen LogP contribution in [0.1, 0.15) is 16.9 Å². The summed E-state index contributed by atoms with van der Waals surface area (Å²) < 4.78 is 0. The Morgan fingerprint density at radius 3 is 3.00 bits per heavy atom. The van der Waals surface area contributed by atoms with Crippen LogP contribution < -0.4 is 5.32 Å². The van der Waals surface area contributed by atoms with Gasteiger partial charge in [0.2, 0.25) is 0 Å². The van der Waals surface area contributed by atoms with Gasteiger partial charge in [-0.3, -0.25) is 4.79 Å². The van der Waals surface area contributed by atoms with Crippen molar-refractivity contribution in [3.05, 3.63) is 22.8 Å². The van der Waals surface area contributed by atoms with E-state index >= 15 is 0 Å². The third-order valence-corrected chi connectivity index (χ3v) is 3.06. The highest BCUT2D eigenvalue weighted by Gasteiger charge is 2.27. The monoisotopic (exact) mass is 255 g/mol. The van der Waals surface area contributed by atoms with Crippen molar-refractivity contribution in [1.82, 2.24) is 9.88 Å². The largest absolute Gasteiger partial charge is 0.391 e. The molecule has 1 aliphatic heterocycles. The molecule has 0 bridgehead atoms. The fourth-order valence-electron chi connectivity index (χ4n) is 1.81. The first-order valence-electron chi connectivity index (χ1n) is 5.43. The number of likely N-dealkylation sites (tertiary alicyclic amines) is 1. The predicted octanol–water partition coefficient (Wildman–Crippen LogP) is 0.984. The molecule has 0 spiro atoms. The first-order valence-corrected chi connectivity index (χ1v) is 5.81. The zero-order valence-corrected chi connectivity index (χ0v) is 10.2. The molecule has 0 aliphatic carbocycles. The smallest absolute Gasteiger partial charge is 0.274 e. The minimum absolute atomic E-state index is 0.229. The molecule has 0 radical (unpaired) electrons. The lowest BCUT2D eigenvalue weighted by atomic mass is 10.3. The van der Waals surface area contributed by atoms with E-state index in [-0.39, 0.29) is 11.6 Å². The van der Waals surface area contributed by atoms with Crippen LogP contribution in [0.15, 0.2) is 12.1 Å². The van der Waals surface area contributed by atoms with E-state index in [0.717, 1.165) is 0 Å². The molecule has 2 heterocycles. The second-order valence-corrected chi connectivity index (χ2v) is 4.38. The number of aliphatic hydroxyl groups is 1. The summed E-state index contributed by atoms with van der Waals surface area (Å²) in [5.41, 5.74) is 0.229. The van der Waals surface area contributed by atoms with Crippen LogP contribution in [-0.2, 0) is 0 Å². The number of rotatable bonds is 2. The van der Waals surface area contributed by atoms with Gasteiger partial charge in [-0.2, -0.15) is 0 Å². The summed E-state index contributed by atoms with van der Waals surface area (Å²) in [6.07, 6.45) is 0.167. The predicted molar refractivity (Wildman–Crippen MR) is 65.3 cm³/mol. The van der Waals surface area contributed by atoms with E-state index in [2.05, 4.69) is 10.3 Å². The van der Waals surface area contributed by atoms with Gasteiger partial charge in [-0.05, 0) is 18.6 Å². The van der Waals surface area contributed by atoms with E-state index in [1.165, 1.54) is 0 Å². The number of amides is 1. The van der Waals surface area contributed by atoms with Gasteiger partial charge in [-0.25, -0.2) is 4.98 Å². The van der Waals surface area contributed by atoms with Gasteiger partial charge in [0.25, 0.3) is 5.91 Å². The highest BCUT2D eigenvalue weighted by atomic mass is 35.5. The van der Waals surface area contributed by atoms with Gasteiger partial charge in [0.1, 0.15) is 11.5 Å². The van der Waals surface area contributed by atoms with Crippen LogP contribution in [0.3, 0.4) is 0 Å². The zero-order chi connectivity index (χ0) is 12.4. The minimum Gasteiger partial charge on any atom is -0.391 e. The highest BCUT2D eigenvalue weighted by Crippen LogP contribution is 2.20. The van der Waals surface area contributed by atoms with Crippen molar-refractivity contribution in [1.29, 1.82) is 0 Å². The molecule has 5 nitrogen and oxygen atoms in total. The van der Waals surface area contributed by atoms with Gasteiger partial charge >= 0.3 is 0 Å². The first-order chi connectivity index (χ1) is 8.11. The average Bonchev–Trinajstić information content (AvgIpc) is 2.76. The summed E-state index contributed by atoms with van der Waals surface area (Å²) >= 11 is 5.96. The van der Waals surface area contributed by atoms with Gasteiger partial charge in [-0.15, -0.1) is 0 Å². The third kappa shape index (κ3) is 2.50. The van der Waals surface area contributed by atoms with Crippen molar-refractivity contribution in [3.63, 3.8) is 0 Å². The Morgan fingerprint density at radius 2 is 2.41 bits per heavy atom. The highest BCUT2D eigenvalue weighted by molar-refractivity contribution is 6.33. The molecule has 0 aromatic carbocycles. The number of anilines is 1. The first kappa shape index (κ1) is 12.1. The molecular weight excluding hydrogens is 242 g/mol. The number of hydrogen-bond acceptors (Lipinski definition) is 4. The van der Waals surface area contributed by atoms with Crippen LogP contribution in [-0.4, -0.2) is 47.1 Å². The summed E-state index contributed by atoms with van der Waals surface area (Å²) in [5, 5.41) is 12.6. The Hall–Kier alpha value is -1.33. The van der Waals surface area contributed by atoms with Crippen LogP contribution in [0.2, 0.25) is 5.02 Å². The van der Waals surface area contributed by atoms with Crippen molar-refractivity contribution in [2.24, 2.45) is 0 Å². The summed E-state index contributed by atoms with van der Waals surface area (Å²) in [6, 6.07) is 3.35. The molecule has 1 aromatic heterocycles. The number of β-amino-alcohol motifs (C(OH)–C–C–N with tert-alkyl or cyclic N) is 1. The van der Waals surface area contributed by atoms with Crippen LogP contribution in [0.4, 0.5) is 5.82 Å². The van der Waals surface area contributed by atoms with Crippen molar-refractivity contribution >= 4 is 23.3 Å². The quantitative estimate of drug-likeness (QED) is 0.827. The minimum atomic E-state index is -0.440. The van der Waals surface area contributed by atoms with E-state index in [1.807, 2.05) is 0 Å². The van der Waals surface area contributed by atoms with Crippen LogP contribution in [0.25, 0.3) is 0 Å². The van der Waals surface area contributed by atoms with Crippen molar-refractivity contribution < 1.29 is 9.90 Å². The Morgan fingerprint density at radius 1 is 1.65 bits per heavy atom. The maximum atomic E-state index is 12.1. The van der Waals surface area contributed by atoms with E-state index < -0.39 is 6.10 Å². The second-order valence-electron chi connectivity index (χ2n) is 3.97. The van der Waals surface area contributed by atoms with Crippen LogP contribution in [0, 0.1) is 0 Å². The van der Waals surface area contributed by atoms with Crippen LogP contribution in [0.5, 0.6) is 0 Å². The lowest BCUT2D eigenvalue weighted by Crippen LogP contribution is -2.30. The number of pyridine rings is 1. The van der Waals surface area contributed by atoms with Gasteiger partial charge in [0.15, 0.2) is 0 Å². The molecule has 1 aromatic rings. The molecule has 1 unspecified atom stereocenters. The molecule has 2 N–H and O–H groups in total. The number of aromatic nitrogens is 1. The molecule has 0 saturated carbocycles. The fourth-order valence-corrected chi connectivity index (χ4v) is 1.99. The number of hydrogen-bond donors (Lipinski definition) is 2. The lowest BCUT2D eigenvalue weighted by molar-refractivity contribution is 0.0759. The number of carbonyl (C=O) groups is 1. The van der Waals surface area contributed by atoms with Crippen molar-refractivity contribution in [2.75, 3.05) is 25.5 Å². The van der Waals surface area contributed by atoms with Gasteiger partial charge in [0, 0.05) is 20.1 Å². The second kappa shape index (κ2) is 4.89. The number of nitrogens with zero attached hydrogens (tertiary/aromatic N) is 2. The van der Waals surface area contributed by atoms with Crippen molar-refractivity contribution in [3.8, 4) is 0 Å². The fraction of sp³-hybridized carbons (Fsp3) is 0.455. The number of aliphatic hydroxyl groups excluding tert-OH is 1. The van der Waals surface area contributed by atoms with E-state index in [0.29, 0.717) is 30.4 Å². The normalized spacial score (nSPS) is 19.5. The molecule has 6 heteroatoms. The maximum absolute atomic E-state index is 12.1. The summed E-state index contributed by atoms with van der Waals surface area (Å²) in [7, 11) is 1.73. The SMILES string of the molecule is CNc1ccc(Cl)c(C(=O)N2CCC(O)C2)n1. The Labute approximate surface area is 104 Å². The molecule has 1 amide bonds. The van der Waals surface area contributed by atoms with Gasteiger partial charge < -0.3 is 15.3 Å². The molecule has 1 aliphatic rings. The molecular formula is C11H14ClN3O2. The van der Waals surface area contributed by atoms with E-state index in [4.69, 9.17) is 11.6 Å². The summed E-state index contributed by atoms with van der Waals surface area (Å²) in [5.74, 6) is 0.362. The van der Waals surface area contributed by atoms with Crippen molar-refractivity contribution in [2.45, 2.75) is 12.5 Å². The number of carbonyl (C=O) groups excluding carboxylic acids is 1. The maximum Gasteiger partial charge on any atom is 0.274 e. The average molecular weight is 256 g/mol. The molecule has 1 fully saturated rings. The van der Waals surface area contributed by atoms with Crippen LogP contribution >= 0.6 is 11.6 Å². The standard InChI is InChI=1S/C11H14ClN3O2/c1-13-9-3-2-8(12)10(14-9)11(17)15-5-4-7(16)6-15/h2-3,7,16H,4-6H2,1H3,(H,13,14). The molecule has 17 heavy (non-hydrogen) atoms. The number of nitrogens with one attached hydrogen (secondary N) is 1. The Balaban J connectivity index is 2.24. The topological polar surface area (TPSA) is 65.5 Å². The Bertz CT molecular complexity index is 439. The third-order valence-electron chi connectivity index (χ3n) is 2.76.